The molecule has 0 aromatic heterocycles. The molecule has 0 N–H and O–H groups in total. The number of nitrogens with zero attached hydrogens (tertiary/aromatic N) is 2. The van der Waals surface area contributed by atoms with Gasteiger partial charge in [-0.05, 0) is 63.1 Å². The first-order chi connectivity index (χ1) is 16.0. The quantitative estimate of drug-likeness (QED) is 0.581. The molecule has 34 heavy (non-hydrogen) atoms. The number of carbonyl (C=O) groups excluding carboxylic acids is 2. The summed E-state index contributed by atoms with van der Waals surface area (Å²) in [7, 11) is -3.37. The van der Waals surface area contributed by atoms with E-state index in [1.165, 1.54) is 35.2 Å². The third-order valence-electron chi connectivity index (χ3n) is 5.69. The topological polar surface area (TPSA) is 84.0 Å². The fourth-order valence-electron chi connectivity index (χ4n) is 4.11. The smallest absolute Gasteiger partial charge is 0.387 e. The van der Waals surface area contributed by atoms with Crippen LogP contribution in [0.15, 0.2) is 53.4 Å². The van der Waals surface area contributed by atoms with Crippen LogP contribution in [0.3, 0.4) is 0 Å². The summed E-state index contributed by atoms with van der Waals surface area (Å²) in [6.45, 7) is 1.19. The van der Waals surface area contributed by atoms with Gasteiger partial charge in [0.15, 0.2) is 9.84 Å². The molecule has 2 aromatic rings. The van der Waals surface area contributed by atoms with Crippen LogP contribution >= 0.6 is 0 Å². The van der Waals surface area contributed by atoms with Gasteiger partial charge in [0.05, 0.1) is 16.4 Å². The van der Waals surface area contributed by atoms with E-state index in [2.05, 4.69) is 4.74 Å². The van der Waals surface area contributed by atoms with Crippen molar-refractivity contribution in [2.45, 2.75) is 44.2 Å². The van der Waals surface area contributed by atoms with Crippen molar-refractivity contribution in [3.63, 3.8) is 0 Å². The van der Waals surface area contributed by atoms with E-state index in [-0.39, 0.29) is 34.7 Å². The van der Waals surface area contributed by atoms with E-state index in [0.29, 0.717) is 25.1 Å². The summed E-state index contributed by atoms with van der Waals surface area (Å²) in [5.74, 6) is -1.34. The zero-order valence-electron chi connectivity index (χ0n) is 19.3. The van der Waals surface area contributed by atoms with Gasteiger partial charge in [0.25, 0.3) is 5.91 Å². The number of hydrogen-bond donors (Lipinski definition) is 0. The van der Waals surface area contributed by atoms with Crippen LogP contribution in [0, 0.1) is 5.92 Å². The van der Waals surface area contributed by atoms with Crippen molar-refractivity contribution in [3.05, 3.63) is 54.1 Å². The Balaban J connectivity index is 1.80. The number of amides is 2. The Hall–Kier alpha value is -3.01. The molecule has 1 saturated heterocycles. The lowest BCUT2D eigenvalue weighted by molar-refractivity contribution is -0.124. The average Bonchev–Trinajstić information content (AvgIpc) is 2.78. The zero-order chi connectivity index (χ0) is 25.0. The maximum Gasteiger partial charge on any atom is 0.387 e. The molecule has 1 aliphatic rings. The normalized spacial score (nSPS) is 16.6. The number of alkyl halides is 2. The van der Waals surface area contributed by atoms with E-state index in [9.17, 15) is 26.8 Å². The van der Waals surface area contributed by atoms with Gasteiger partial charge in [0.1, 0.15) is 5.75 Å². The largest absolute Gasteiger partial charge is 0.434 e. The molecule has 1 fully saturated rings. The molecule has 1 atom stereocenters. The van der Waals surface area contributed by atoms with E-state index >= 15 is 0 Å². The second-order valence-corrected chi connectivity index (χ2v) is 10.5. The zero-order valence-corrected chi connectivity index (χ0v) is 20.1. The fraction of sp³-hybridized carbons (Fsp3) is 0.417. The van der Waals surface area contributed by atoms with Crippen LogP contribution < -0.4 is 9.64 Å². The van der Waals surface area contributed by atoms with Crippen molar-refractivity contribution in [1.82, 2.24) is 4.90 Å². The SMILES string of the molecule is CC(C)N(C(=O)C1CCCN(C(=O)c2ccccc2OC(F)F)C1)c1ccc(S(C)(=O)=O)cc1. The number of sulfone groups is 1. The molecule has 1 aliphatic heterocycles. The van der Waals surface area contributed by atoms with Gasteiger partial charge in [0.2, 0.25) is 5.91 Å². The molecule has 10 heteroatoms. The Morgan fingerprint density at radius 3 is 2.32 bits per heavy atom. The second-order valence-electron chi connectivity index (χ2n) is 8.53. The van der Waals surface area contributed by atoms with Crippen molar-refractivity contribution in [3.8, 4) is 5.75 Å². The van der Waals surface area contributed by atoms with Gasteiger partial charge in [-0.25, -0.2) is 8.42 Å². The molecule has 0 aliphatic carbocycles. The van der Waals surface area contributed by atoms with Gasteiger partial charge >= 0.3 is 6.61 Å². The molecule has 3 rings (SSSR count). The Labute approximate surface area is 198 Å². The second kappa shape index (κ2) is 10.5. The first-order valence-corrected chi connectivity index (χ1v) is 12.8. The Bertz CT molecular complexity index is 1140. The number of anilines is 1. The number of piperidine rings is 1. The molecule has 0 spiro atoms. The monoisotopic (exact) mass is 494 g/mol. The highest BCUT2D eigenvalue weighted by atomic mass is 32.2. The first-order valence-electron chi connectivity index (χ1n) is 11.0. The molecule has 0 saturated carbocycles. The molecule has 0 bridgehead atoms. The summed E-state index contributed by atoms with van der Waals surface area (Å²) in [6.07, 6.45) is 2.27. The minimum atomic E-state index is -3.37. The van der Waals surface area contributed by atoms with Crippen molar-refractivity contribution < 1.29 is 31.5 Å². The number of rotatable bonds is 7. The predicted octanol–water partition coefficient (Wildman–Crippen LogP) is 3.99. The predicted molar refractivity (Wildman–Crippen MR) is 124 cm³/mol. The minimum Gasteiger partial charge on any atom is -0.434 e. The van der Waals surface area contributed by atoms with Crippen molar-refractivity contribution >= 4 is 27.3 Å². The maximum atomic E-state index is 13.5. The fourth-order valence-corrected chi connectivity index (χ4v) is 4.74. The molecule has 0 radical (unpaired) electrons. The summed E-state index contributed by atoms with van der Waals surface area (Å²) in [5.41, 5.74) is 0.583. The van der Waals surface area contributed by atoms with Crippen LogP contribution in [-0.2, 0) is 14.6 Å². The lowest BCUT2D eigenvalue weighted by Crippen LogP contribution is -2.48. The number of carbonyl (C=O) groups is 2. The number of halogens is 2. The van der Waals surface area contributed by atoms with E-state index in [0.717, 1.165) is 6.26 Å². The van der Waals surface area contributed by atoms with Crippen LogP contribution in [0.5, 0.6) is 5.75 Å². The molecule has 7 nitrogen and oxygen atoms in total. The van der Waals surface area contributed by atoms with Gasteiger partial charge < -0.3 is 14.5 Å². The van der Waals surface area contributed by atoms with Crippen LogP contribution in [-0.4, -0.2) is 57.1 Å². The van der Waals surface area contributed by atoms with Crippen LogP contribution in [0.4, 0.5) is 14.5 Å². The number of hydrogen-bond acceptors (Lipinski definition) is 5. The molecular formula is C24H28F2N2O5S. The maximum absolute atomic E-state index is 13.5. The number of likely N-dealkylation sites (tertiary alicyclic amines) is 1. The number of benzene rings is 2. The highest BCUT2D eigenvalue weighted by molar-refractivity contribution is 7.90. The number of para-hydroxylation sites is 1. The number of ether oxygens (including phenoxy) is 1. The van der Waals surface area contributed by atoms with Crippen LogP contribution in [0.2, 0.25) is 0 Å². The molecule has 2 aromatic carbocycles. The molecular weight excluding hydrogens is 466 g/mol. The Morgan fingerprint density at radius 2 is 1.74 bits per heavy atom. The highest BCUT2D eigenvalue weighted by Crippen LogP contribution is 2.28. The van der Waals surface area contributed by atoms with E-state index < -0.39 is 28.3 Å². The molecule has 1 unspecified atom stereocenters. The molecule has 2 amide bonds. The van der Waals surface area contributed by atoms with Gasteiger partial charge in [-0.2, -0.15) is 8.78 Å². The van der Waals surface area contributed by atoms with Crippen molar-refractivity contribution in [2.24, 2.45) is 5.92 Å². The summed E-state index contributed by atoms with van der Waals surface area (Å²) in [6, 6.07) is 11.7. The standard InChI is InChI=1S/C24H28F2N2O5S/c1-16(2)28(18-10-12-19(13-11-18)34(3,31)32)22(29)17-7-6-14-27(15-17)23(30)20-8-4-5-9-21(20)33-24(25)26/h4-5,8-13,16-17,24H,6-7,14-15H2,1-3H3. The first kappa shape index (κ1) is 25.6. The van der Waals surface area contributed by atoms with Gasteiger partial charge in [-0.15, -0.1) is 0 Å². The summed E-state index contributed by atoms with van der Waals surface area (Å²) < 4.78 is 53.5. The Morgan fingerprint density at radius 1 is 1.09 bits per heavy atom. The average molecular weight is 495 g/mol. The third kappa shape index (κ3) is 5.91. The van der Waals surface area contributed by atoms with E-state index in [1.807, 2.05) is 13.8 Å². The van der Waals surface area contributed by atoms with Gasteiger partial charge in [-0.1, -0.05) is 12.1 Å². The summed E-state index contributed by atoms with van der Waals surface area (Å²) >= 11 is 0. The lowest BCUT2D eigenvalue weighted by Gasteiger charge is -2.36. The Kier molecular flexibility index (Phi) is 7.91. The minimum absolute atomic E-state index is 0.0213. The van der Waals surface area contributed by atoms with Crippen LogP contribution in [0.1, 0.15) is 37.0 Å². The van der Waals surface area contributed by atoms with E-state index in [1.54, 1.807) is 23.1 Å². The summed E-state index contributed by atoms with van der Waals surface area (Å²) in [5, 5.41) is 0. The third-order valence-corrected chi connectivity index (χ3v) is 6.82. The highest BCUT2D eigenvalue weighted by Gasteiger charge is 2.34. The lowest BCUT2D eigenvalue weighted by atomic mass is 9.95. The van der Waals surface area contributed by atoms with Gasteiger partial charge in [-0.3, -0.25) is 9.59 Å². The van der Waals surface area contributed by atoms with E-state index in [4.69, 9.17) is 0 Å². The summed E-state index contributed by atoms with van der Waals surface area (Å²) in [4.78, 5) is 29.8. The van der Waals surface area contributed by atoms with Crippen molar-refractivity contribution in [1.29, 1.82) is 0 Å². The van der Waals surface area contributed by atoms with Crippen LogP contribution in [0.25, 0.3) is 0 Å². The molecule has 1 heterocycles. The van der Waals surface area contributed by atoms with Crippen molar-refractivity contribution in [2.75, 3.05) is 24.2 Å². The molecule has 184 valence electrons. The van der Waals surface area contributed by atoms with Gasteiger partial charge in [0, 0.05) is 31.1 Å².